The Kier molecular flexibility index (Phi) is 4.55. The number of esters is 1. The van der Waals surface area contributed by atoms with Crippen molar-refractivity contribution in [1.82, 2.24) is 4.90 Å². The molecule has 1 aromatic carbocycles. The predicted octanol–water partition coefficient (Wildman–Crippen LogP) is 2.73. The molecule has 1 N–H and O–H groups in total. The Labute approximate surface area is 141 Å². The molecule has 0 bridgehead atoms. The molecule has 1 atom stereocenters. The van der Waals surface area contributed by atoms with Gasteiger partial charge in [-0.15, -0.1) is 0 Å². The number of ether oxygens (including phenoxy) is 3. The molecule has 0 spiro atoms. The molecule has 2 aliphatic heterocycles. The molecule has 130 valence electrons. The third kappa shape index (κ3) is 2.66. The first kappa shape index (κ1) is 16.5. The van der Waals surface area contributed by atoms with Crippen LogP contribution in [0, 0.1) is 0 Å². The average molecular weight is 333 g/mol. The van der Waals surface area contributed by atoms with E-state index in [4.69, 9.17) is 14.2 Å². The number of carbonyl (C=O) groups excluding carboxylic acids is 1. The first-order valence-electron chi connectivity index (χ1n) is 8.21. The minimum atomic E-state index is -0.455. The molecule has 3 rings (SSSR count). The maximum Gasteiger partial charge on any atom is 0.358 e. The molecule has 24 heavy (non-hydrogen) atoms. The lowest BCUT2D eigenvalue weighted by Crippen LogP contribution is -2.41. The number of aliphatic hydroxyl groups excluding tert-OH is 1. The summed E-state index contributed by atoms with van der Waals surface area (Å²) in [6.07, 6.45) is 1.97. The first-order valence-corrected chi connectivity index (χ1v) is 8.21. The number of hydrogen-bond acceptors (Lipinski definition) is 6. The monoisotopic (exact) mass is 333 g/mol. The molecule has 0 unspecified atom stereocenters. The topological polar surface area (TPSA) is 68.2 Å². The zero-order valence-corrected chi connectivity index (χ0v) is 14.3. The van der Waals surface area contributed by atoms with Gasteiger partial charge in [-0.25, -0.2) is 4.79 Å². The lowest BCUT2D eigenvalue weighted by atomic mass is 9.86. The highest BCUT2D eigenvalue weighted by Crippen LogP contribution is 2.44. The summed E-state index contributed by atoms with van der Waals surface area (Å²) >= 11 is 0. The fourth-order valence-electron chi connectivity index (χ4n) is 3.60. The largest absolute Gasteiger partial charge is 0.510 e. The molecule has 0 radical (unpaired) electrons. The van der Waals surface area contributed by atoms with Gasteiger partial charge in [0, 0.05) is 13.0 Å². The first-order chi connectivity index (χ1) is 11.6. The predicted molar refractivity (Wildman–Crippen MR) is 88.2 cm³/mol. The normalized spacial score (nSPS) is 19.5. The number of nitrogens with zero attached hydrogens (tertiary/aromatic N) is 1. The van der Waals surface area contributed by atoms with Crippen molar-refractivity contribution in [3.63, 3.8) is 0 Å². The number of allylic oxidation sites excluding steroid dienone is 1. The Hall–Kier alpha value is -2.37. The summed E-state index contributed by atoms with van der Waals surface area (Å²) in [5, 5.41) is 10.2. The van der Waals surface area contributed by atoms with Crippen molar-refractivity contribution >= 4 is 5.97 Å². The SMILES string of the molecule is CCOC(=O)C1=C(O)CC[C@H]2c3cc(OC)c(OC)cc3CCN12. The van der Waals surface area contributed by atoms with Gasteiger partial charge < -0.3 is 24.2 Å². The summed E-state index contributed by atoms with van der Waals surface area (Å²) in [5.41, 5.74) is 2.61. The van der Waals surface area contributed by atoms with Crippen LogP contribution in [0.15, 0.2) is 23.6 Å². The number of fused-ring (bicyclic) bond motifs is 3. The van der Waals surface area contributed by atoms with Crippen LogP contribution in [-0.4, -0.2) is 43.3 Å². The van der Waals surface area contributed by atoms with E-state index in [0.29, 0.717) is 30.2 Å². The Morgan fingerprint density at radius 1 is 1.25 bits per heavy atom. The molecule has 6 nitrogen and oxygen atoms in total. The summed E-state index contributed by atoms with van der Waals surface area (Å²) in [5.74, 6) is 1.05. The Bertz CT molecular complexity index is 682. The Morgan fingerprint density at radius 2 is 1.96 bits per heavy atom. The van der Waals surface area contributed by atoms with E-state index < -0.39 is 5.97 Å². The van der Waals surface area contributed by atoms with Crippen molar-refractivity contribution in [2.75, 3.05) is 27.4 Å². The van der Waals surface area contributed by atoms with Gasteiger partial charge in [-0.2, -0.15) is 0 Å². The number of carbonyl (C=O) groups is 1. The van der Waals surface area contributed by atoms with Gasteiger partial charge in [0.15, 0.2) is 17.2 Å². The van der Waals surface area contributed by atoms with Crippen LogP contribution in [-0.2, 0) is 16.0 Å². The van der Waals surface area contributed by atoms with Gasteiger partial charge in [-0.3, -0.25) is 0 Å². The van der Waals surface area contributed by atoms with E-state index >= 15 is 0 Å². The molecule has 1 aromatic rings. The fourth-order valence-corrected chi connectivity index (χ4v) is 3.60. The zero-order valence-electron chi connectivity index (χ0n) is 14.3. The third-order valence-corrected chi connectivity index (χ3v) is 4.69. The van der Waals surface area contributed by atoms with Gasteiger partial charge >= 0.3 is 5.97 Å². The third-order valence-electron chi connectivity index (χ3n) is 4.69. The average Bonchev–Trinajstić information content (AvgIpc) is 2.59. The molecule has 0 saturated carbocycles. The van der Waals surface area contributed by atoms with Crippen molar-refractivity contribution in [1.29, 1.82) is 0 Å². The Balaban J connectivity index is 2.01. The van der Waals surface area contributed by atoms with Crippen LogP contribution in [0.4, 0.5) is 0 Å². The lowest BCUT2D eigenvalue weighted by molar-refractivity contribution is -0.141. The number of rotatable bonds is 4. The molecule has 0 amide bonds. The van der Waals surface area contributed by atoms with Crippen molar-refractivity contribution < 1.29 is 24.1 Å². The van der Waals surface area contributed by atoms with Crippen molar-refractivity contribution in [3.8, 4) is 11.5 Å². The van der Waals surface area contributed by atoms with Crippen molar-refractivity contribution in [2.24, 2.45) is 0 Å². The molecular formula is C18H23NO5. The van der Waals surface area contributed by atoms with E-state index in [2.05, 4.69) is 0 Å². The standard InChI is InChI=1S/C18H23NO5/c1-4-24-18(21)17-14(20)6-5-13-12-10-16(23-3)15(22-2)9-11(12)7-8-19(13)17/h9-10,13,20H,4-8H2,1-3H3/t13-/m0/s1. The van der Waals surface area contributed by atoms with E-state index in [9.17, 15) is 9.90 Å². The van der Waals surface area contributed by atoms with E-state index in [0.717, 1.165) is 18.4 Å². The molecule has 0 fully saturated rings. The second kappa shape index (κ2) is 6.63. The van der Waals surface area contributed by atoms with E-state index in [-0.39, 0.29) is 18.4 Å². The maximum absolute atomic E-state index is 12.3. The van der Waals surface area contributed by atoms with Crippen LogP contribution in [0.1, 0.15) is 36.9 Å². The smallest absolute Gasteiger partial charge is 0.358 e. The minimum Gasteiger partial charge on any atom is -0.510 e. The summed E-state index contributed by atoms with van der Waals surface area (Å²) in [6.45, 7) is 2.71. The van der Waals surface area contributed by atoms with Gasteiger partial charge in [-0.1, -0.05) is 0 Å². The summed E-state index contributed by atoms with van der Waals surface area (Å²) < 4.78 is 15.9. The molecule has 6 heteroatoms. The second-order valence-electron chi connectivity index (χ2n) is 5.92. The number of benzene rings is 1. The highest BCUT2D eigenvalue weighted by atomic mass is 16.5. The van der Waals surface area contributed by atoms with Gasteiger partial charge in [-0.05, 0) is 43.0 Å². The van der Waals surface area contributed by atoms with Crippen LogP contribution in [0.2, 0.25) is 0 Å². The summed E-state index contributed by atoms with van der Waals surface area (Å²) in [7, 11) is 3.24. The second-order valence-corrected chi connectivity index (χ2v) is 5.92. The van der Waals surface area contributed by atoms with Crippen LogP contribution >= 0.6 is 0 Å². The highest BCUT2D eigenvalue weighted by Gasteiger charge is 2.38. The molecule has 2 heterocycles. The van der Waals surface area contributed by atoms with Crippen LogP contribution in [0.5, 0.6) is 11.5 Å². The number of methoxy groups -OCH3 is 2. The van der Waals surface area contributed by atoms with Gasteiger partial charge in [0.05, 0.1) is 26.9 Å². The van der Waals surface area contributed by atoms with Gasteiger partial charge in [0.2, 0.25) is 0 Å². The molecule has 0 aromatic heterocycles. The van der Waals surface area contributed by atoms with Crippen LogP contribution in [0.25, 0.3) is 0 Å². The minimum absolute atomic E-state index is 0.0314. The van der Waals surface area contributed by atoms with E-state index in [1.54, 1.807) is 21.1 Å². The zero-order chi connectivity index (χ0) is 17.3. The fraction of sp³-hybridized carbons (Fsp3) is 0.500. The molecular weight excluding hydrogens is 310 g/mol. The highest BCUT2D eigenvalue weighted by molar-refractivity contribution is 5.88. The lowest BCUT2D eigenvalue weighted by Gasteiger charge is -2.42. The molecule has 2 aliphatic rings. The van der Waals surface area contributed by atoms with Gasteiger partial charge in [0.1, 0.15) is 5.76 Å². The maximum atomic E-state index is 12.3. The quantitative estimate of drug-likeness (QED) is 0.855. The molecule has 0 saturated heterocycles. The summed E-state index contributed by atoms with van der Waals surface area (Å²) in [6, 6.07) is 4.02. The number of aliphatic hydroxyl groups is 1. The van der Waals surface area contributed by atoms with Crippen molar-refractivity contribution in [2.45, 2.75) is 32.2 Å². The van der Waals surface area contributed by atoms with Crippen LogP contribution in [0.3, 0.4) is 0 Å². The van der Waals surface area contributed by atoms with Crippen molar-refractivity contribution in [3.05, 3.63) is 34.7 Å². The number of hydrogen-bond donors (Lipinski definition) is 1. The van der Waals surface area contributed by atoms with E-state index in [1.807, 2.05) is 17.0 Å². The Morgan fingerprint density at radius 3 is 2.62 bits per heavy atom. The van der Waals surface area contributed by atoms with Crippen LogP contribution < -0.4 is 9.47 Å². The summed E-state index contributed by atoms with van der Waals surface area (Å²) in [4.78, 5) is 14.2. The van der Waals surface area contributed by atoms with Gasteiger partial charge in [0.25, 0.3) is 0 Å². The molecule has 0 aliphatic carbocycles. The van der Waals surface area contributed by atoms with E-state index in [1.165, 1.54) is 5.56 Å².